The van der Waals surface area contributed by atoms with E-state index < -0.39 is 0 Å². The molecule has 1 heterocycles. The maximum Gasteiger partial charge on any atom is 0.271 e. The van der Waals surface area contributed by atoms with Crippen LogP contribution in [0.1, 0.15) is 43.1 Å². The van der Waals surface area contributed by atoms with Crippen molar-refractivity contribution in [1.29, 1.82) is 0 Å². The molecule has 2 rings (SSSR count). The third kappa shape index (κ3) is 2.56. The zero-order chi connectivity index (χ0) is 11.4. The van der Waals surface area contributed by atoms with Crippen LogP contribution in [0, 0.1) is 5.92 Å². The summed E-state index contributed by atoms with van der Waals surface area (Å²) in [4.78, 5) is 19.7. The van der Waals surface area contributed by atoms with Crippen molar-refractivity contribution in [2.75, 3.05) is 0 Å². The molecule has 0 unspecified atom stereocenters. The molecule has 1 aromatic rings. The van der Waals surface area contributed by atoms with Gasteiger partial charge >= 0.3 is 0 Å². The summed E-state index contributed by atoms with van der Waals surface area (Å²) in [6.07, 6.45) is 9.37. The number of hydrogen-bond acceptors (Lipinski definition) is 3. The van der Waals surface area contributed by atoms with Gasteiger partial charge in [-0.2, -0.15) is 0 Å². The number of rotatable bonds is 2. The Kier molecular flexibility index (Phi) is 3.49. The van der Waals surface area contributed by atoms with Gasteiger partial charge in [-0.1, -0.05) is 19.8 Å². The van der Waals surface area contributed by atoms with E-state index >= 15 is 0 Å². The standard InChI is InChI=1S/C12H17N3O/c1-9-4-2-3-5-10(9)15-12(16)11-8-13-6-7-14-11/h6-10H,2-5H2,1H3,(H,15,16)/t9-,10+/m1/s1. The van der Waals surface area contributed by atoms with Crippen molar-refractivity contribution in [3.63, 3.8) is 0 Å². The Bertz CT molecular complexity index is 353. The van der Waals surface area contributed by atoms with E-state index in [9.17, 15) is 4.79 Å². The van der Waals surface area contributed by atoms with Gasteiger partial charge in [0.25, 0.3) is 5.91 Å². The molecular weight excluding hydrogens is 202 g/mol. The van der Waals surface area contributed by atoms with Crippen molar-refractivity contribution in [2.24, 2.45) is 5.92 Å². The second-order valence-corrected chi connectivity index (χ2v) is 4.43. The Morgan fingerprint density at radius 1 is 1.38 bits per heavy atom. The van der Waals surface area contributed by atoms with Gasteiger partial charge in [-0.25, -0.2) is 4.98 Å². The first-order valence-corrected chi connectivity index (χ1v) is 5.84. The quantitative estimate of drug-likeness (QED) is 0.825. The molecule has 1 aliphatic rings. The number of hydrogen-bond donors (Lipinski definition) is 1. The monoisotopic (exact) mass is 219 g/mol. The first-order valence-electron chi connectivity index (χ1n) is 5.84. The lowest BCUT2D eigenvalue weighted by Crippen LogP contribution is -2.41. The minimum Gasteiger partial charge on any atom is -0.348 e. The van der Waals surface area contributed by atoms with Crippen LogP contribution < -0.4 is 5.32 Å². The Morgan fingerprint density at radius 2 is 2.19 bits per heavy atom. The number of carbonyl (C=O) groups excluding carboxylic acids is 1. The van der Waals surface area contributed by atoms with E-state index in [2.05, 4.69) is 22.2 Å². The maximum absolute atomic E-state index is 11.8. The molecule has 4 nitrogen and oxygen atoms in total. The van der Waals surface area contributed by atoms with Crippen LogP contribution in [-0.4, -0.2) is 21.9 Å². The summed E-state index contributed by atoms with van der Waals surface area (Å²) < 4.78 is 0. The molecular formula is C12H17N3O. The van der Waals surface area contributed by atoms with Gasteiger partial charge in [0.1, 0.15) is 5.69 Å². The third-order valence-electron chi connectivity index (χ3n) is 3.22. The summed E-state index contributed by atoms with van der Waals surface area (Å²) in [6.45, 7) is 2.20. The minimum absolute atomic E-state index is 0.105. The first kappa shape index (κ1) is 11.0. The molecule has 86 valence electrons. The molecule has 0 saturated heterocycles. The minimum atomic E-state index is -0.105. The fourth-order valence-corrected chi connectivity index (χ4v) is 2.19. The van der Waals surface area contributed by atoms with E-state index in [-0.39, 0.29) is 5.91 Å². The molecule has 4 heteroatoms. The Balaban J connectivity index is 1.96. The molecule has 0 radical (unpaired) electrons. The zero-order valence-electron chi connectivity index (χ0n) is 9.52. The van der Waals surface area contributed by atoms with Crippen LogP contribution in [-0.2, 0) is 0 Å². The molecule has 1 N–H and O–H groups in total. The SMILES string of the molecule is C[C@@H]1CCCC[C@@H]1NC(=O)c1cnccn1. The topological polar surface area (TPSA) is 54.9 Å². The molecule has 0 aromatic carbocycles. The smallest absolute Gasteiger partial charge is 0.271 e. The zero-order valence-corrected chi connectivity index (χ0v) is 9.52. The molecule has 0 spiro atoms. The molecule has 16 heavy (non-hydrogen) atoms. The Hall–Kier alpha value is -1.45. The van der Waals surface area contributed by atoms with Gasteiger partial charge in [-0.3, -0.25) is 9.78 Å². The second kappa shape index (κ2) is 5.05. The molecule has 0 bridgehead atoms. The number of nitrogens with zero attached hydrogens (tertiary/aromatic N) is 2. The Labute approximate surface area is 95.5 Å². The van der Waals surface area contributed by atoms with Crippen molar-refractivity contribution in [2.45, 2.75) is 38.6 Å². The average Bonchev–Trinajstić information content (AvgIpc) is 2.33. The number of carbonyl (C=O) groups is 1. The molecule has 1 aromatic heterocycles. The van der Waals surface area contributed by atoms with Crippen LogP contribution in [0.15, 0.2) is 18.6 Å². The molecule has 1 amide bonds. The normalized spacial score (nSPS) is 25.1. The van der Waals surface area contributed by atoms with Gasteiger partial charge < -0.3 is 5.32 Å². The lowest BCUT2D eigenvalue weighted by atomic mass is 9.86. The second-order valence-electron chi connectivity index (χ2n) is 4.43. The van der Waals surface area contributed by atoms with Gasteiger partial charge in [0, 0.05) is 18.4 Å². The lowest BCUT2D eigenvalue weighted by molar-refractivity contribution is 0.0905. The van der Waals surface area contributed by atoms with Crippen LogP contribution in [0.2, 0.25) is 0 Å². The van der Waals surface area contributed by atoms with Gasteiger partial charge in [-0.05, 0) is 18.8 Å². The lowest BCUT2D eigenvalue weighted by Gasteiger charge is -2.29. The van der Waals surface area contributed by atoms with Crippen molar-refractivity contribution in [3.8, 4) is 0 Å². The van der Waals surface area contributed by atoms with Crippen LogP contribution >= 0.6 is 0 Å². The summed E-state index contributed by atoms with van der Waals surface area (Å²) in [5.41, 5.74) is 0.403. The summed E-state index contributed by atoms with van der Waals surface area (Å²) in [7, 11) is 0. The largest absolute Gasteiger partial charge is 0.348 e. The van der Waals surface area contributed by atoms with E-state index in [0.29, 0.717) is 17.7 Å². The number of nitrogens with one attached hydrogen (secondary N) is 1. The first-order chi connectivity index (χ1) is 7.77. The highest BCUT2D eigenvalue weighted by Crippen LogP contribution is 2.23. The van der Waals surface area contributed by atoms with Crippen molar-refractivity contribution in [3.05, 3.63) is 24.3 Å². The molecule has 2 atom stereocenters. The molecule has 1 saturated carbocycles. The molecule has 1 fully saturated rings. The highest BCUT2D eigenvalue weighted by atomic mass is 16.1. The van der Waals surface area contributed by atoms with Crippen LogP contribution in [0.25, 0.3) is 0 Å². The summed E-state index contributed by atoms with van der Waals surface area (Å²) in [5.74, 6) is 0.459. The maximum atomic E-state index is 11.8. The molecule has 1 aliphatic carbocycles. The van der Waals surface area contributed by atoms with Crippen molar-refractivity contribution >= 4 is 5.91 Å². The number of aromatic nitrogens is 2. The molecule has 0 aliphatic heterocycles. The van der Waals surface area contributed by atoms with E-state index in [1.54, 1.807) is 12.4 Å². The van der Waals surface area contributed by atoms with Gasteiger partial charge in [0.05, 0.1) is 6.20 Å². The Morgan fingerprint density at radius 3 is 2.88 bits per heavy atom. The highest BCUT2D eigenvalue weighted by molar-refractivity contribution is 5.92. The van der Waals surface area contributed by atoms with Crippen LogP contribution in [0.4, 0.5) is 0 Å². The summed E-state index contributed by atoms with van der Waals surface area (Å²) in [6, 6.07) is 0.295. The predicted molar refractivity (Wildman–Crippen MR) is 60.9 cm³/mol. The van der Waals surface area contributed by atoms with Crippen LogP contribution in [0.3, 0.4) is 0 Å². The summed E-state index contributed by atoms with van der Waals surface area (Å²) in [5, 5.41) is 3.04. The van der Waals surface area contributed by atoms with E-state index in [4.69, 9.17) is 0 Å². The van der Waals surface area contributed by atoms with Crippen LogP contribution in [0.5, 0.6) is 0 Å². The number of amides is 1. The van der Waals surface area contributed by atoms with Crippen molar-refractivity contribution < 1.29 is 4.79 Å². The van der Waals surface area contributed by atoms with E-state index in [1.165, 1.54) is 25.5 Å². The fraction of sp³-hybridized carbons (Fsp3) is 0.583. The van der Waals surface area contributed by atoms with Gasteiger partial charge in [0.15, 0.2) is 0 Å². The van der Waals surface area contributed by atoms with Crippen molar-refractivity contribution in [1.82, 2.24) is 15.3 Å². The van der Waals surface area contributed by atoms with Gasteiger partial charge in [0.2, 0.25) is 0 Å². The fourth-order valence-electron chi connectivity index (χ4n) is 2.19. The summed E-state index contributed by atoms with van der Waals surface area (Å²) >= 11 is 0. The van der Waals surface area contributed by atoms with E-state index in [1.807, 2.05) is 0 Å². The third-order valence-corrected chi connectivity index (χ3v) is 3.22. The van der Waals surface area contributed by atoms with Gasteiger partial charge in [-0.15, -0.1) is 0 Å². The van der Waals surface area contributed by atoms with E-state index in [0.717, 1.165) is 6.42 Å². The predicted octanol–water partition coefficient (Wildman–Crippen LogP) is 1.79. The average molecular weight is 219 g/mol. The highest BCUT2D eigenvalue weighted by Gasteiger charge is 2.23.